The van der Waals surface area contributed by atoms with Crippen molar-refractivity contribution in [3.05, 3.63) is 5.69 Å². The first-order valence-electron chi connectivity index (χ1n) is 10.6. The van der Waals surface area contributed by atoms with Gasteiger partial charge < -0.3 is 14.2 Å². The SMILES string of the molecule is CCCCO[C@H]1C[C@@H](n2nnc3c(C)nc(SCCC)nc32)[C@@H]2OC(C)(C)O[C@@H]21. The van der Waals surface area contributed by atoms with Crippen LogP contribution < -0.4 is 0 Å². The van der Waals surface area contributed by atoms with Crippen LogP contribution in [0.25, 0.3) is 11.2 Å². The number of unbranched alkanes of at least 4 members (excludes halogenated alkanes) is 1. The van der Waals surface area contributed by atoms with Crippen molar-refractivity contribution in [1.29, 1.82) is 0 Å². The molecule has 0 spiro atoms. The minimum absolute atomic E-state index is 0.0190. The van der Waals surface area contributed by atoms with Gasteiger partial charge in [0.1, 0.15) is 12.2 Å². The fourth-order valence-electron chi connectivity index (χ4n) is 4.11. The first-order chi connectivity index (χ1) is 13.9. The zero-order valence-electron chi connectivity index (χ0n) is 17.9. The summed E-state index contributed by atoms with van der Waals surface area (Å²) in [7, 11) is 0. The number of ether oxygens (including phenoxy) is 3. The van der Waals surface area contributed by atoms with Crippen molar-refractivity contribution in [3.63, 3.8) is 0 Å². The van der Waals surface area contributed by atoms with Crippen LogP contribution in [-0.4, -0.2) is 61.4 Å². The van der Waals surface area contributed by atoms with Crippen LogP contribution in [0.5, 0.6) is 0 Å². The molecule has 4 rings (SSSR count). The molecule has 160 valence electrons. The fraction of sp³-hybridized carbons (Fsp3) is 0.800. The summed E-state index contributed by atoms with van der Waals surface area (Å²) < 4.78 is 20.6. The van der Waals surface area contributed by atoms with Crippen LogP contribution in [0.2, 0.25) is 0 Å². The Morgan fingerprint density at radius 3 is 2.72 bits per heavy atom. The molecule has 0 N–H and O–H groups in total. The minimum Gasteiger partial charge on any atom is -0.375 e. The van der Waals surface area contributed by atoms with E-state index in [2.05, 4.69) is 29.1 Å². The molecule has 0 bridgehead atoms. The van der Waals surface area contributed by atoms with E-state index in [4.69, 9.17) is 19.2 Å². The quantitative estimate of drug-likeness (QED) is 0.363. The second-order valence-electron chi connectivity index (χ2n) is 8.28. The number of hydrogen-bond acceptors (Lipinski definition) is 8. The highest BCUT2D eigenvalue weighted by Gasteiger charge is 2.56. The van der Waals surface area contributed by atoms with Crippen LogP contribution in [0, 0.1) is 6.92 Å². The second kappa shape index (κ2) is 8.45. The molecule has 9 heteroatoms. The van der Waals surface area contributed by atoms with Gasteiger partial charge in [-0.05, 0) is 33.6 Å². The van der Waals surface area contributed by atoms with Crippen LogP contribution in [0.1, 0.15) is 65.1 Å². The molecule has 0 unspecified atom stereocenters. The van der Waals surface area contributed by atoms with Gasteiger partial charge in [0.2, 0.25) is 0 Å². The summed E-state index contributed by atoms with van der Waals surface area (Å²) in [5.41, 5.74) is 2.37. The van der Waals surface area contributed by atoms with Crippen LogP contribution in [0.15, 0.2) is 5.16 Å². The van der Waals surface area contributed by atoms with Gasteiger partial charge in [0.15, 0.2) is 22.1 Å². The summed E-state index contributed by atoms with van der Waals surface area (Å²) >= 11 is 1.67. The maximum absolute atomic E-state index is 6.28. The van der Waals surface area contributed by atoms with E-state index in [0.717, 1.165) is 60.1 Å². The van der Waals surface area contributed by atoms with Crippen LogP contribution in [-0.2, 0) is 14.2 Å². The molecule has 1 aliphatic carbocycles. The molecule has 29 heavy (non-hydrogen) atoms. The van der Waals surface area contributed by atoms with Gasteiger partial charge in [0, 0.05) is 18.8 Å². The number of thioether (sulfide) groups is 1. The third-order valence-electron chi connectivity index (χ3n) is 5.44. The van der Waals surface area contributed by atoms with E-state index < -0.39 is 5.79 Å². The highest BCUT2D eigenvalue weighted by Crippen LogP contribution is 2.45. The molecule has 8 nitrogen and oxygen atoms in total. The van der Waals surface area contributed by atoms with Crippen molar-refractivity contribution in [1.82, 2.24) is 25.0 Å². The van der Waals surface area contributed by atoms with Gasteiger partial charge in [0.25, 0.3) is 0 Å². The molecule has 1 saturated carbocycles. The third kappa shape index (κ3) is 4.15. The van der Waals surface area contributed by atoms with Crippen LogP contribution in [0.3, 0.4) is 0 Å². The van der Waals surface area contributed by atoms with E-state index in [1.165, 1.54) is 0 Å². The Morgan fingerprint density at radius 2 is 1.97 bits per heavy atom. The summed E-state index contributed by atoms with van der Waals surface area (Å²) in [5, 5.41) is 9.61. The molecule has 1 saturated heterocycles. The Bertz CT molecular complexity index is 858. The van der Waals surface area contributed by atoms with Crippen molar-refractivity contribution < 1.29 is 14.2 Å². The third-order valence-corrected chi connectivity index (χ3v) is 6.49. The number of fused-ring (bicyclic) bond motifs is 2. The van der Waals surface area contributed by atoms with Crippen molar-refractivity contribution in [2.75, 3.05) is 12.4 Å². The number of rotatable bonds is 8. The van der Waals surface area contributed by atoms with Gasteiger partial charge in [-0.25, -0.2) is 14.6 Å². The normalized spacial score (nSPS) is 28.3. The maximum Gasteiger partial charge on any atom is 0.189 e. The smallest absolute Gasteiger partial charge is 0.189 e. The summed E-state index contributed by atoms with van der Waals surface area (Å²) in [6, 6.07) is -0.0308. The maximum atomic E-state index is 6.28. The fourth-order valence-corrected chi connectivity index (χ4v) is 4.85. The minimum atomic E-state index is -0.635. The molecule has 2 fully saturated rings. The lowest BCUT2D eigenvalue weighted by molar-refractivity contribution is -0.170. The number of aryl methyl sites for hydroxylation is 1. The average molecular weight is 422 g/mol. The number of nitrogens with zero attached hydrogens (tertiary/aromatic N) is 5. The first kappa shape index (κ1) is 21.0. The Kier molecular flexibility index (Phi) is 6.11. The topological polar surface area (TPSA) is 84.2 Å². The highest BCUT2D eigenvalue weighted by atomic mass is 32.2. The van der Waals surface area contributed by atoms with Gasteiger partial charge in [-0.2, -0.15) is 0 Å². The monoisotopic (exact) mass is 421 g/mol. The van der Waals surface area contributed by atoms with Gasteiger partial charge in [0.05, 0.1) is 17.8 Å². The van der Waals surface area contributed by atoms with Gasteiger partial charge in [-0.3, -0.25) is 0 Å². The predicted octanol–water partition coefficient (Wildman–Crippen LogP) is 3.68. The van der Waals surface area contributed by atoms with E-state index in [0.29, 0.717) is 0 Å². The molecule has 2 aromatic heterocycles. The number of aromatic nitrogens is 5. The Hall–Kier alpha value is -1.29. The average Bonchev–Trinajstić information content (AvgIpc) is 3.32. The lowest BCUT2D eigenvalue weighted by atomic mass is 10.2. The lowest BCUT2D eigenvalue weighted by Gasteiger charge is -2.23. The van der Waals surface area contributed by atoms with E-state index in [-0.39, 0.29) is 24.4 Å². The van der Waals surface area contributed by atoms with Crippen molar-refractivity contribution in [3.8, 4) is 0 Å². The van der Waals surface area contributed by atoms with E-state index in [9.17, 15) is 0 Å². The Morgan fingerprint density at radius 1 is 1.17 bits per heavy atom. The van der Waals surface area contributed by atoms with Gasteiger partial charge >= 0.3 is 0 Å². The first-order valence-corrected chi connectivity index (χ1v) is 11.6. The van der Waals surface area contributed by atoms with Gasteiger partial charge in [-0.15, -0.1) is 5.10 Å². The molecular weight excluding hydrogens is 390 g/mol. The molecular formula is C20H31N5O3S. The van der Waals surface area contributed by atoms with E-state index in [1.807, 2.05) is 25.5 Å². The summed E-state index contributed by atoms with van der Waals surface area (Å²) in [6.45, 7) is 10.9. The molecule has 0 amide bonds. The summed E-state index contributed by atoms with van der Waals surface area (Å²) in [6.07, 6.45) is 3.73. The standard InChI is InChI=1S/C20H31N5O3S/c1-6-8-9-26-14-11-13(16-17(14)28-20(4,5)27-16)25-18-15(23-24-25)12(3)21-19(22-18)29-10-7-2/h13-14,16-17H,6-11H2,1-5H3/t13-,14+,16+,17-/m1/s1. The molecule has 3 heterocycles. The predicted molar refractivity (Wildman–Crippen MR) is 111 cm³/mol. The molecule has 2 aliphatic rings. The van der Waals surface area contributed by atoms with E-state index >= 15 is 0 Å². The van der Waals surface area contributed by atoms with E-state index in [1.54, 1.807) is 11.8 Å². The molecule has 0 aromatic carbocycles. The number of hydrogen-bond donors (Lipinski definition) is 0. The zero-order chi connectivity index (χ0) is 20.6. The zero-order valence-corrected chi connectivity index (χ0v) is 18.7. The Balaban J connectivity index is 1.65. The molecule has 2 aromatic rings. The summed E-state index contributed by atoms with van der Waals surface area (Å²) in [4.78, 5) is 9.37. The van der Waals surface area contributed by atoms with Crippen molar-refractivity contribution in [2.24, 2.45) is 0 Å². The van der Waals surface area contributed by atoms with Crippen LogP contribution >= 0.6 is 11.8 Å². The van der Waals surface area contributed by atoms with Crippen LogP contribution in [0.4, 0.5) is 0 Å². The Labute approximate surface area is 176 Å². The largest absolute Gasteiger partial charge is 0.375 e. The summed E-state index contributed by atoms with van der Waals surface area (Å²) in [5.74, 6) is 0.350. The highest BCUT2D eigenvalue weighted by molar-refractivity contribution is 7.99. The lowest BCUT2D eigenvalue weighted by Crippen LogP contribution is -2.31. The van der Waals surface area contributed by atoms with Gasteiger partial charge in [-0.1, -0.05) is 37.2 Å². The molecule has 0 radical (unpaired) electrons. The molecule has 4 atom stereocenters. The van der Waals surface area contributed by atoms with Crippen molar-refractivity contribution >= 4 is 22.9 Å². The van der Waals surface area contributed by atoms with Crippen molar-refractivity contribution in [2.45, 2.75) is 95.6 Å². The molecule has 1 aliphatic heterocycles. The second-order valence-corrected chi connectivity index (χ2v) is 9.34.